The molecule has 2 heterocycles. The van der Waals surface area contributed by atoms with Crippen LogP contribution in [0, 0.1) is 11.8 Å². The molecule has 2 N–H and O–H groups in total. The second-order valence-corrected chi connectivity index (χ2v) is 9.97. The fourth-order valence-electron chi connectivity index (χ4n) is 5.15. The zero-order valence-electron chi connectivity index (χ0n) is 18.1. The zero-order valence-corrected chi connectivity index (χ0v) is 18.1. The van der Waals surface area contributed by atoms with Crippen LogP contribution >= 0.6 is 0 Å². The number of anilines is 1. The standard InChI is InChI=1S/C24H36N2O3/c1-24(2,3)29-23(27)20-15-17-5-4-6-21(17)26-22(20)16-7-9-18(10-8-16)25-19-11-13-28-14-12-19/h7-10,17,19-22,25-26H,4-6,11-15H2,1-3H3/t17-,20+,21-,22+/m1/s1. The molecule has 5 nitrogen and oxygen atoms in total. The molecular weight excluding hydrogens is 364 g/mol. The summed E-state index contributed by atoms with van der Waals surface area (Å²) in [5, 5.41) is 7.43. The summed E-state index contributed by atoms with van der Waals surface area (Å²) in [5.41, 5.74) is 1.87. The lowest BCUT2D eigenvalue weighted by Crippen LogP contribution is -2.48. The van der Waals surface area contributed by atoms with Crippen molar-refractivity contribution in [2.24, 2.45) is 11.8 Å². The zero-order chi connectivity index (χ0) is 20.4. The molecule has 1 aliphatic carbocycles. The maximum atomic E-state index is 13.0. The third-order valence-electron chi connectivity index (χ3n) is 6.58. The molecule has 1 aromatic carbocycles. The van der Waals surface area contributed by atoms with Crippen molar-refractivity contribution in [3.63, 3.8) is 0 Å². The minimum absolute atomic E-state index is 0.0290. The van der Waals surface area contributed by atoms with Gasteiger partial charge in [0.2, 0.25) is 0 Å². The normalized spacial score (nSPS) is 30.6. The average molecular weight is 401 g/mol. The Labute approximate surface area is 174 Å². The summed E-state index contributed by atoms with van der Waals surface area (Å²) in [6.45, 7) is 7.52. The van der Waals surface area contributed by atoms with E-state index >= 15 is 0 Å². The van der Waals surface area contributed by atoms with Gasteiger partial charge in [-0.1, -0.05) is 18.6 Å². The lowest BCUT2D eigenvalue weighted by molar-refractivity contribution is -0.163. The van der Waals surface area contributed by atoms with Crippen molar-refractivity contribution in [2.45, 2.75) is 83.0 Å². The van der Waals surface area contributed by atoms with Crippen LogP contribution in [0.5, 0.6) is 0 Å². The van der Waals surface area contributed by atoms with E-state index in [1.165, 1.54) is 24.8 Å². The Morgan fingerprint density at radius 1 is 1.10 bits per heavy atom. The predicted molar refractivity (Wildman–Crippen MR) is 115 cm³/mol. The van der Waals surface area contributed by atoms with Crippen LogP contribution in [0.2, 0.25) is 0 Å². The van der Waals surface area contributed by atoms with Gasteiger partial charge in [0.05, 0.1) is 5.92 Å². The van der Waals surface area contributed by atoms with Crippen LogP contribution < -0.4 is 10.6 Å². The van der Waals surface area contributed by atoms with Gasteiger partial charge in [-0.05, 0) is 76.5 Å². The lowest BCUT2D eigenvalue weighted by atomic mass is 9.78. The number of fused-ring (bicyclic) bond motifs is 1. The largest absolute Gasteiger partial charge is 0.460 e. The molecule has 0 aromatic heterocycles. The minimum Gasteiger partial charge on any atom is -0.460 e. The highest BCUT2D eigenvalue weighted by Crippen LogP contribution is 2.42. The van der Waals surface area contributed by atoms with Crippen molar-refractivity contribution >= 4 is 11.7 Å². The third kappa shape index (κ3) is 5.13. The molecule has 2 saturated heterocycles. The molecule has 160 valence electrons. The van der Waals surface area contributed by atoms with Crippen molar-refractivity contribution in [2.75, 3.05) is 18.5 Å². The fourth-order valence-corrected chi connectivity index (χ4v) is 5.15. The highest BCUT2D eigenvalue weighted by atomic mass is 16.6. The molecule has 0 bridgehead atoms. The summed E-state index contributed by atoms with van der Waals surface area (Å²) < 4.78 is 11.2. The second-order valence-electron chi connectivity index (χ2n) is 9.97. The Morgan fingerprint density at radius 3 is 2.52 bits per heavy atom. The molecule has 4 atom stereocenters. The van der Waals surface area contributed by atoms with E-state index in [0.29, 0.717) is 18.0 Å². The highest BCUT2D eigenvalue weighted by molar-refractivity contribution is 5.74. The number of esters is 1. The van der Waals surface area contributed by atoms with E-state index in [4.69, 9.17) is 9.47 Å². The number of carbonyl (C=O) groups is 1. The van der Waals surface area contributed by atoms with E-state index in [0.717, 1.165) is 38.2 Å². The first kappa shape index (κ1) is 20.7. The summed E-state index contributed by atoms with van der Waals surface area (Å²) in [7, 11) is 0. The van der Waals surface area contributed by atoms with E-state index < -0.39 is 5.60 Å². The highest BCUT2D eigenvalue weighted by Gasteiger charge is 2.44. The Bertz CT molecular complexity index is 691. The molecule has 0 unspecified atom stereocenters. The Kier molecular flexibility index (Phi) is 6.16. The third-order valence-corrected chi connectivity index (χ3v) is 6.58. The van der Waals surface area contributed by atoms with Crippen molar-refractivity contribution < 1.29 is 14.3 Å². The second kappa shape index (κ2) is 8.65. The molecule has 0 amide bonds. The Hall–Kier alpha value is -1.59. The molecule has 4 rings (SSSR count). The van der Waals surface area contributed by atoms with Crippen molar-refractivity contribution in [1.29, 1.82) is 0 Å². The van der Waals surface area contributed by atoms with Gasteiger partial charge in [0, 0.05) is 37.0 Å². The van der Waals surface area contributed by atoms with Gasteiger partial charge >= 0.3 is 5.97 Å². The molecule has 1 aromatic rings. The molecule has 2 aliphatic heterocycles. The molecule has 29 heavy (non-hydrogen) atoms. The monoisotopic (exact) mass is 400 g/mol. The molecule has 5 heteroatoms. The van der Waals surface area contributed by atoms with Crippen molar-refractivity contribution in [3.8, 4) is 0 Å². The molecule has 3 aliphatic rings. The fraction of sp³-hybridized carbons (Fsp3) is 0.708. The molecule has 1 saturated carbocycles. The van der Waals surface area contributed by atoms with Gasteiger partial charge in [0.15, 0.2) is 0 Å². The Morgan fingerprint density at radius 2 is 1.83 bits per heavy atom. The smallest absolute Gasteiger partial charge is 0.311 e. The summed E-state index contributed by atoms with van der Waals surface area (Å²) in [6, 6.07) is 9.69. The van der Waals surface area contributed by atoms with Crippen molar-refractivity contribution in [1.82, 2.24) is 5.32 Å². The topological polar surface area (TPSA) is 59.6 Å². The van der Waals surface area contributed by atoms with Gasteiger partial charge in [-0.2, -0.15) is 0 Å². The average Bonchev–Trinajstić information content (AvgIpc) is 3.15. The lowest BCUT2D eigenvalue weighted by Gasteiger charge is -2.40. The molecule has 3 fully saturated rings. The summed E-state index contributed by atoms with van der Waals surface area (Å²) in [5.74, 6) is 0.408. The first-order valence-electron chi connectivity index (χ1n) is 11.3. The Balaban J connectivity index is 1.49. The first-order valence-corrected chi connectivity index (χ1v) is 11.3. The quantitative estimate of drug-likeness (QED) is 0.732. The number of rotatable bonds is 4. The SMILES string of the molecule is CC(C)(C)OC(=O)[C@H]1C[C@H]2CCC[C@H]2N[C@H]1c1ccc(NC2CCOCC2)cc1. The number of hydrogen-bond acceptors (Lipinski definition) is 5. The van der Waals surface area contributed by atoms with Crippen molar-refractivity contribution in [3.05, 3.63) is 29.8 Å². The van der Waals surface area contributed by atoms with Gasteiger partial charge in [-0.3, -0.25) is 4.79 Å². The van der Waals surface area contributed by atoms with Crippen LogP contribution in [-0.2, 0) is 14.3 Å². The van der Waals surface area contributed by atoms with E-state index in [9.17, 15) is 4.79 Å². The number of hydrogen-bond donors (Lipinski definition) is 2. The van der Waals surface area contributed by atoms with E-state index in [-0.39, 0.29) is 17.9 Å². The van der Waals surface area contributed by atoms with E-state index in [2.05, 4.69) is 34.9 Å². The maximum absolute atomic E-state index is 13.0. The van der Waals surface area contributed by atoms with Crippen LogP contribution in [0.4, 0.5) is 5.69 Å². The number of ether oxygens (including phenoxy) is 2. The van der Waals surface area contributed by atoms with Gasteiger partial charge in [-0.25, -0.2) is 0 Å². The van der Waals surface area contributed by atoms with Crippen LogP contribution in [0.15, 0.2) is 24.3 Å². The van der Waals surface area contributed by atoms with Gasteiger partial charge < -0.3 is 20.1 Å². The summed E-state index contributed by atoms with van der Waals surface area (Å²) in [6.07, 6.45) is 6.72. The van der Waals surface area contributed by atoms with E-state index in [1.807, 2.05) is 20.8 Å². The van der Waals surface area contributed by atoms with Crippen LogP contribution in [0.3, 0.4) is 0 Å². The number of nitrogens with one attached hydrogen (secondary N) is 2. The van der Waals surface area contributed by atoms with Gasteiger partial charge in [0.25, 0.3) is 0 Å². The van der Waals surface area contributed by atoms with Crippen LogP contribution in [0.25, 0.3) is 0 Å². The predicted octanol–water partition coefficient (Wildman–Crippen LogP) is 4.44. The molecule has 0 spiro atoms. The number of benzene rings is 1. The minimum atomic E-state index is -0.453. The molecule has 0 radical (unpaired) electrons. The van der Waals surface area contributed by atoms with E-state index in [1.54, 1.807) is 0 Å². The van der Waals surface area contributed by atoms with Gasteiger partial charge in [0.1, 0.15) is 5.60 Å². The first-order chi connectivity index (χ1) is 13.9. The molecular formula is C24H36N2O3. The number of piperidine rings is 1. The number of carbonyl (C=O) groups excluding carboxylic acids is 1. The maximum Gasteiger partial charge on any atom is 0.311 e. The van der Waals surface area contributed by atoms with Gasteiger partial charge in [-0.15, -0.1) is 0 Å². The van der Waals surface area contributed by atoms with Crippen LogP contribution in [0.1, 0.15) is 70.9 Å². The summed E-state index contributed by atoms with van der Waals surface area (Å²) >= 11 is 0. The van der Waals surface area contributed by atoms with Crippen LogP contribution in [-0.4, -0.2) is 36.9 Å². The summed E-state index contributed by atoms with van der Waals surface area (Å²) in [4.78, 5) is 13.0.